The first-order chi connectivity index (χ1) is 13.5. The van der Waals surface area contributed by atoms with E-state index in [1.165, 1.54) is 0 Å². The minimum atomic E-state index is -0.581. The molecule has 1 aromatic heterocycles. The molecule has 1 N–H and O–H groups in total. The molecule has 0 spiro atoms. The van der Waals surface area contributed by atoms with Crippen molar-refractivity contribution in [2.75, 3.05) is 11.9 Å². The summed E-state index contributed by atoms with van der Waals surface area (Å²) >= 11 is 0. The highest BCUT2D eigenvalue weighted by Gasteiger charge is 2.21. The van der Waals surface area contributed by atoms with E-state index in [2.05, 4.69) is 11.4 Å². The molecule has 0 bridgehead atoms. The number of aromatic nitrogens is 1. The molecule has 3 aromatic rings. The number of nitriles is 1. The van der Waals surface area contributed by atoms with Crippen LogP contribution in [0.2, 0.25) is 0 Å². The highest BCUT2D eigenvalue weighted by Crippen LogP contribution is 2.29. The number of amides is 1. The Balaban J connectivity index is 1.82. The molecule has 1 amide bonds. The van der Waals surface area contributed by atoms with Crippen LogP contribution in [0, 0.1) is 25.2 Å². The van der Waals surface area contributed by atoms with E-state index >= 15 is 0 Å². The Morgan fingerprint density at radius 2 is 1.64 bits per heavy atom. The summed E-state index contributed by atoms with van der Waals surface area (Å²) in [5, 5.41) is 12.3. The van der Waals surface area contributed by atoms with Gasteiger partial charge in [0.1, 0.15) is 11.9 Å². The van der Waals surface area contributed by atoms with Gasteiger partial charge in [0, 0.05) is 11.4 Å². The van der Waals surface area contributed by atoms with Gasteiger partial charge in [-0.2, -0.15) is 5.26 Å². The number of para-hydroxylation sites is 1. The summed E-state index contributed by atoms with van der Waals surface area (Å²) in [4.78, 5) is 24.4. The highest BCUT2D eigenvalue weighted by atomic mass is 16.5. The summed E-state index contributed by atoms with van der Waals surface area (Å²) in [5.41, 5.74) is 3.19. The van der Waals surface area contributed by atoms with Gasteiger partial charge in [0.2, 0.25) is 0 Å². The first-order valence-electron chi connectivity index (χ1n) is 8.72. The molecule has 3 rings (SSSR count). The molecule has 0 atom stereocenters. The Hall–Kier alpha value is -3.85. The molecular formula is C22H19N3O3. The summed E-state index contributed by atoms with van der Waals surface area (Å²) in [6.07, 6.45) is 0. The Kier molecular flexibility index (Phi) is 5.56. The quantitative estimate of drug-likeness (QED) is 0.690. The number of nitrogens with zero attached hydrogens (tertiary/aromatic N) is 2. The maximum absolute atomic E-state index is 12.4. The number of ether oxygens (including phenoxy) is 1. The minimum absolute atomic E-state index is 0.365. The van der Waals surface area contributed by atoms with Gasteiger partial charge in [-0.05, 0) is 43.7 Å². The van der Waals surface area contributed by atoms with Gasteiger partial charge in [-0.1, -0.05) is 36.4 Å². The van der Waals surface area contributed by atoms with Crippen molar-refractivity contribution in [3.63, 3.8) is 0 Å². The van der Waals surface area contributed by atoms with E-state index in [1.807, 2.05) is 48.7 Å². The molecule has 0 aliphatic rings. The van der Waals surface area contributed by atoms with Gasteiger partial charge in [0.25, 0.3) is 5.91 Å². The molecule has 1 heterocycles. The number of rotatable bonds is 5. The number of hydrogen-bond acceptors (Lipinski definition) is 4. The van der Waals surface area contributed by atoms with Crippen molar-refractivity contribution in [1.82, 2.24) is 4.57 Å². The van der Waals surface area contributed by atoms with Gasteiger partial charge < -0.3 is 10.1 Å². The summed E-state index contributed by atoms with van der Waals surface area (Å²) in [7, 11) is 0. The minimum Gasteiger partial charge on any atom is -0.452 e. The average Bonchev–Trinajstić information content (AvgIpc) is 2.96. The fraction of sp³-hybridized carbons (Fsp3) is 0.136. The third-order valence-corrected chi connectivity index (χ3v) is 4.44. The molecule has 0 aliphatic heterocycles. The second-order valence-corrected chi connectivity index (χ2v) is 6.21. The van der Waals surface area contributed by atoms with Crippen LogP contribution < -0.4 is 5.32 Å². The van der Waals surface area contributed by atoms with Gasteiger partial charge in [-0.3, -0.25) is 9.36 Å². The van der Waals surface area contributed by atoms with Gasteiger partial charge in [0.05, 0.1) is 11.1 Å². The number of nitrogens with one attached hydrogen (secondary N) is 1. The first kappa shape index (κ1) is 18.9. The SMILES string of the molecule is Cc1c(C#N)c(NC(=O)COC(=O)c2ccccc2)n(-c2ccccc2)c1C. The number of esters is 1. The molecule has 2 aromatic carbocycles. The van der Waals surface area contributed by atoms with Gasteiger partial charge in [0.15, 0.2) is 6.61 Å². The van der Waals surface area contributed by atoms with E-state index in [9.17, 15) is 14.9 Å². The average molecular weight is 373 g/mol. The van der Waals surface area contributed by atoms with E-state index in [0.717, 1.165) is 16.9 Å². The van der Waals surface area contributed by atoms with Gasteiger partial charge in [-0.15, -0.1) is 0 Å². The van der Waals surface area contributed by atoms with Crippen molar-refractivity contribution in [3.05, 3.63) is 83.0 Å². The zero-order valence-corrected chi connectivity index (χ0v) is 15.6. The van der Waals surface area contributed by atoms with Crippen LogP contribution in [-0.4, -0.2) is 23.1 Å². The van der Waals surface area contributed by atoms with Crippen LogP contribution in [0.15, 0.2) is 60.7 Å². The molecule has 28 heavy (non-hydrogen) atoms. The molecule has 6 heteroatoms. The largest absolute Gasteiger partial charge is 0.452 e. The lowest BCUT2D eigenvalue weighted by Gasteiger charge is -2.13. The van der Waals surface area contributed by atoms with Crippen molar-refractivity contribution in [3.8, 4) is 11.8 Å². The molecule has 140 valence electrons. The van der Waals surface area contributed by atoms with Crippen molar-refractivity contribution in [1.29, 1.82) is 5.26 Å². The number of anilines is 1. The summed E-state index contributed by atoms with van der Waals surface area (Å²) < 4.78 is 6.89. The van der Waals surface area contributed by atoms with Crippen molar-refractivity contribution in [2.24, 2.45) is 0 Å². The van der Waals surface area contributed by atoms with Crippen LogP contribution >= 0.6 is 0 Å². The maximum Gasteiger partial charge on any atom is 0.338 e. The lowest BCUT2D eigenvalue weighted by molar-refractivity contribution is -0.119. The normalized spacial score (nSPS) is 10.2. The molecule has 0 unspecified atom stereocenters. The lowest BCUT2D eigenvalue weighted by Crippen LogP contribution is -2.22. The summed E-state index contributed by atoms with van der Waals surface area (Å²) in [6.45, 7) is 3.27. The Morgan fingerprint density at radius 3 is 2.25 bits per heavy atom. The number of benzene rings is 2. The van der Waals surface area contributed by atoms with E-state index in [-0.39, 0.29) is 0 Å². The van der Waals surface area contributed by atoms with E-state index in [1.54, 1.807) is 30.3 Å². The highest BCUT2D eigenvalue weighted by molar-refractivity contribution is 5.96. The lowest BCUT2D eigenvalue weighted by atomic mass is 10.2. The van der Waals surface area contributed by atoms with Crippen LogP contribution in [0.4, 0.5) is 5.82 Å². The molecule has 0 radical (unpaired) electrons. The zero-order valence-electron chi connectivity index (χ0n) is 15.6. The van der Waals surface area contributed by atoms with E-state index < -0.39 is 18.5 Å². The third-order valence-electron chi connectivity index (χ3n) is 4.44. The van der Waals surface area contributed by atoms with Crippen LogP contribution in [0.25, 0.3) is 5.69 Å². The molecule has 0 saturated carbocycles. The smallest absolute Gasteiger partial charge is 0.338 e. The molecular weight excluding hydrogens is 354 g/mol. The second kappa shape index (κ2) is 8.23. The van der Waals surface area contributed by atoms with Crippen LogP contribution in [0.5, 0.6) is 0 Å². The topological polar surface area (TPSA) is 84.1 Å². The number of hydrogen-bond donors (Lipinski definition) is 1. The van der Waals surface area contributed by atoms with Crippen LogP contribution in [0.3, 0.4) is 0 Å². The maximum atomic E-state index is 12.4. The molecule has 0 fully saturated rings. The van der Waals surface area contributed by atoms with Gasteiger partial charge >= 0.3 is 5.97 Å². The van der Waals surface area contributed by atoms with Crippen molar-refractivity contribution in [2.45, 2.75) is 13.8 Å². The fourth-order valence-electron chi connectivity index (χ4n) is 2.92. The van der Waals surface area contributed by atoms with Crippen molar-refractivity contribution >= 4 is 17.7 Å². The predicted molar refractivity (Wildman–Crippen MR) is 105 cm³/mol. The van der Waals surface area contributed by atoms with E-state index in [4.69, 9.17) is 4.74 Å². The van der Waals surface area contributed by atoms with Crippen molar-refractivity contribution < 1.29 is 14.3 Å². The fourth-order valence-corrected chi connectivity index (χ4v) is 2.92. The van der Waals surface area contributed by atoms with Crippen LogP contribution in [0.1, 0.15) is 27.2 Å². The summed E-state index contributed by atoms with van der Waals surface area (Å²) in [5.74, 6) is -0.734. The van der Waals surface area contributed by atoms with Crippen LogP contribution in [-0.2, 0) is 9.53 Å². The van der Waals surface area contributed by atoms with Gasteiger partial charge in [-0.25, -0.2) is 4.79 Å². The Labute approximate surface area is 163 Å². The first-order valence-corrected chi connectivity index (χ1v) is 8.72. The monoisotopic (exact) mass is 373 g/mol. The number of carbonyl (C=O) groups is 2. The summed E-state index contributed by atoms with van der Waals surface area (Å²) in [6, 6.07) is 20.0. The molecule has 0 saturated heterocycles. The zero-order chi connectivity index (χ0) is 20.1. The standard InChI is InChI=1S/C22H19N3O3/c1-15-16(2)25(18-11-7-4-8-12-18)21(19(15)13-23)24-20(26)14-28-22(27)17-9-5-3-6-10-17/h3-12H,14H2,1-2H3,(H,24,26). The molecule has 0 aliphatic carbocycles. The predicted octanol–water partition coefficient (Wildman–Crippen LogP) is 3.76. The number of carbonyl (C=O) groups excluding carboxylic acids is 2. The molecule has 6 nitrogen and oxygen atoms in total. The van der Waals surface area contributed by atoms with E-state index in [0.29, 0.717) is 16.9 Å². The Morgan fingerprint density at radius 1 is 1.04 bits per heavy atom. The Bertz CT molecular complexity index is 1050. The second-order valence-electron chi connectivity index (χ2n) is 6.21. The third kappa shape index (κ3) is 3.79.